The van der Waals surface area contributed by atoms with Crippen molar-refractivity contribution in [1.82, 2.24) is 9.80 Å². The molecular formula is C25H31BrN2O5S. The second-order valence-electron chi connectivity index (χ2n) is 9.65. The zero-order valence-corrected chi connectivity index (χ0v) is 21.7. The normalized spacial score (nSPS) is 32.7. The van der Waals surface area contributed by atoms with Gasteiger partial charge in [-0.1, -0.05) is 52.3 Å². The lowest BCUT2D eigenvalue weighted by Crippen LogP contribution is -2.59. The Kier molecular flexibility index (Phi) is 7.18. The smallest absolute Gasteiger partial charge is 0.308 e. The Morgan fingerprint density at radius 1 is 1.35 bits per heavy atom. The fourth-order valence-corrected chi connectivity index (χ4v) is 9.60. The Hall–Kier alpha value is -1.84. The minimum Gasteiger partial charge on any atom is -0.481 e. The third kappa shape index (κ3) is 3.89. The van der Waals surface area contributed by atoms with Crippen LogP contribution in [0.4, 0.5) is 0 Å². The number of aliphatic carboxylic acids is 1. The van der Waals surface area contributed by atoms with Gasteiger partial charge in [-0.15, -0.1) is 18.3 Å². The summed E-state index contributed by atoms with van der Waals surface area (Å²) in [6.45, 7) is 7.62. The lowest BCUT2D eigenvalue weighted by atomic mass is 9.71. The van der Waals surface area contributed by atoms with Gasteiger partial charge in [0, 0.05) is 22.7 Å². The number of hydrogen-bond donors (Lipinski definition) is 2. The number of nitrogens with zero attached hydrogens (tertiary/aromatic N) is 2. The molecule has 0 aromatic heterocycles. The fraction of sp³-hybridized carbons (Fsp3) is 0.560. The molecule has 3 heterocycles. The van der Waals surface area contributed by atoms with E-state index in [9.17, 15) is 24.6 Å². The molecule has 2 bridgehead atoms. The number of alkyl halides is 1. The summed E-state index contributed by atoms with van der Waals surface area (Å²) in [5.41, 5.74) is 0.937. The number of aliphatic hydroxyl groups excluding tert-OH is 1. The molecule has 0 radical (unpaired) electrons. The first-order valence-corrected chi connectivity index (χ1v) is 13.4. The molecule has 2 amide bonds. The number of aliphatic hydroxyl groups is 1. The van der Waals surface area contributed by atoms with Crippen LogP contribution in [0.3, 0.4) is 0 Å². The molecule has 4 rings (SSSR count). The topological polar surface area (TPSA) is 98.2 Å². The van der Waals surface area contributed by atoms with Gasteiger partial charge in [0.15, 0.2) is 0 Å². The van der Waals surface area contributed by atoms with Gasteiger partial charge >= 0.3 is 5.97 Å². The highest BCUT2D eigenvalue weighted by molar-refractivity contribution is 9.09. The zero-order valence-electron chi connectivity index (χ0n) is 19.3. The van der Waals surface area contributed by atoms with Gasteiger partial charge in [-0.3, -0.25) is 14.4 Å². The van der Waals surface area contributed by atoms with E-state index in [4.69, 9.17) is 0 Å². The lowest BCUT2D eigenvalue weighted by molar-refractivity contribution is -0.150. The summed E-state index contributed by atoms with van der Waals surface area (Å²) in [5, 5.41) is 20.2. The van der Waals surface area contributed by atoms with Gasteiger partial charge in [-0.2, -0.15) is 0 Å². The number of amides is 2. The van der Waals surface area contributed by atoms with Gasteiger partial charge in [0.05, 0.1) is 29.2 Å². The molecule has 3 saturated heterocycles. The summed E-state index contributed by atoms with van der Waals surface area (Å²) in [6, 6.07) is 7.91. The van der Waals surface area contributed by atoms with Gasteiger partial charge in [0.25, 0.3) is 0 Å². The van der Waals surface area contributed by atoms with Crippen LogP contribution in [0.25, 0.3) is 0 Å². The zero-order chi connectivity index (χ0) is 24.8. The third-order valence-electron chi connectivity index (χ3n) is 7.40. The second kappa shape index (κ2) is 9.66. The molecule has 0 saturated carbocycles. The molecule has 3 fully saturated rings. The highest BCUT2D eigenvalue weighted by Crippen LogP contribution is 2.68. The summed E-state index contributed by atoms with van der Waals surface area (Å²) in [6.07, 6.45) is 2.57. The second-order valence-corrected chi connectivity index (χ2v) is 12.4. The van der Waals surface area contributed by atoms with Crippen molar-refractivity contribution in [3.8, 4) is 0 Å². The van der Waals surface area contributed by atoms with E-state index in [1.54, 1.807) is 11.0 Å². The first-order chi connectivity index (χ1) is 16.2. The first kappa shape index (κ1) is 25.3. The maximum atomic E-state index is 14.1. The lowest BCUT2D eigenvalue weighted by Gasteiger charge is -2.41. The Bertz CT molecular complexity index is 975. The number of fused-ring (bicyclic) bond motifs is 1. The quantitative estimate of drug-likeness (QED) is 0.362. The van der Waals surface area contributed by atoms with Crippen molar-refractivity contribution in [2.45, 2.75) is 59.6 Å². The number of carboxylic acid groups (broad SMARTS) is 1. The highest BCUT2D eigenvalue weighted by atomic mass is 79.9. The van der Waals surface area contributed by atoms with Gasteiger partial charge in [-0.05, 0) is 32.3 Å². The molecule has 7 atom stereocenters. The van der Waals surface area contributed by atoms with Crippen molar-refractivity contribution < 1.29 is 24.6 Å². The van der Waals surface area contributed by atoms with Crippen molar-refractivity contribution in [3.63, 3.8) is 0 Å². The monoisotopic (exact) mass is 550 g/mol. The molecule has 7 nitrogen and oxygen atoms in total. The van der Waals surface area contributed by atoms with Crippen LogP contribution in [0, 0.1) is 11.8 Å². The molecular weight excluding hydrogens is 520 g/mol. The van der Waals surface area contributed by atoms with E-state index in [2.05, 4.69) is 22.5 Å². The molecule has 0 aliphatic carbocycles. The third-order valence-corrected chi connectivity index (χ3v) is 10.6. The van der Waals surface area contributed by atoms with Crippen LogP contribution >= 0.6 is 27.7 Å². The number of halogens is 1. The number of hydrogen-bond acceptors (Lipinski definition) is 5. The highest BCUT2D eigenvalue weighted by Gasteiger charge is 2.76. The van der Waals surface area contributed by atoms with E-state index in [1.807, 2.05) is 44.2 Å². The number of carbonyl (C=O) groups is 3. The Morgan fingerprint density at radius 2 is 2.03 bits per heavy atom. The van der Waals surface area contributed by atoms with Gasteiger partial charge in [0.2, 0.25) is 11.8 Å². The van der Waals surface area contributed by atoms with Crippen LogP contribution in [-0.4, -0.2) is 83.9 Å². The van der Waals surface area contributed by atoms with Crippen molar-refractivity contribution in [3.05, 3.63) is 48.6 Å². The number of likely N-dealkylation sites (tertiary alicyclic amines) is 1. The number of rotatable bonds is 9. The predicted molar refractivity (Wildman–Crippen MR) is 135 cm³/mol. The minimum absolute atomic E-state index is 0.105. The van der Waals surface area contributed by atoms with Crippen LogP contribution in [-0.2, 0) is 20.8 Å². The molecule has 184 valence electrons. The maximum Gasteiger partial charge on any atom is 0.308 e. The fourth-order valence-electron chi connectivity index (χ4n) is 6.01. The van der Waals surface area contributed by atoms with Crippen molar-refractivity contribution in [1.29, 1.82) is 0 Å². The van der Waals surface area contributed by atoms with Crippen LogP contribution in [0.15, 0.2) is 43.0 Å². The van der Waals surface area contributed by atoms with E-state index in [0.29, 0.717) is 19.4 Å². The van der Waals surface area contributed by atoms with E-state index in [0.717, 1.165) is 5.56 Å². The van der Waals surface area contributed by atoms with Gasteiger partial charge < -0.3 is 20.0 Å². The van der Waals surface area contributed by atoms with Crippen LogP contribution in [0.5, 0.6) is 0 Å². The molecule has 2 N–H and O–H groups in total. The Balaban J connectivity index is 1.82. The predicted octanol–water partition coefficient (Wildman–Crippen LogP) is 2.56. The van der Waals surface area contributed by atoms with Crippen molar-refractivity contribution in [2.75, 3.05) is 13.2 Å². The molecule has 3 unspecified atom stereocenters. The number of thioether (sulfide) groups is 1. The summed E-state index contributed by atoms with van der Waals surface area (Å²) < 4.78 is -0.853. The van der Waals surface area contributed by atoms with Crippen molar-refractivity contribution in [2.24, 2.45) is 11.8 Å². The van der Waals surface area contributed by atoms with Gasteiger partial charge in [0.1, 0.15) is 6.04 Å². The van der Waals surface area contributed by atoms with E-state index >= 15 is 0 Å². The average Bonchev–Trinajstić information content (AvgIpc) is 3.39. The van der Waals surface area contributed by atoms with Crippen LogP contribution in [0.2, 0.25) is 0 Å². The van der Waals surface area contributed by atoms with E-state index in [1.165, 1.54) is 16.7 Å². The average molecular weight is 552 g/mol. The molecule has 9 heteroatoms. The van der Waals surface area contributed by atoms with E-state index < -0.39 is 34.6 Å². The molecule has 1 aromatic rings. The standard InChI is InChI=1S/C25H31BrN2O5S/c1-4-10-27(14(2)3)23(31)21-25-12-17(26)20(34-25)18(24(32)33)19(25)22(30)28(21)16(13-29)11-15-8-6-5-7-9-15/h4-9,14,16-21,29H,1,10-13H2,2-3H3,(H,32,33)/t16-,17?,18+,19+,20+,21?,25?/m1/s1. The molecule has 1 spiro atoms. The molecule has 34 heavy (non-hydrogen) atoms. The Morgan fingerprint density at radius 3 is 2.59 bits per heavy atom. The summed E-state index contributed by atoms with van der Waals surface area (Å²) >= 11 is 5.13. The summed E-state index contributed by atoms with van der Waals surface area (Å²) in [7, 11) is 0. The first-order valence-electron chi connectivity index (χ1n) is 11.6. The maximum absolute atomic E-state index is 14.1. The minimum atomic E-state index is -1.01. The van der Waals surface area contributed by atoms with Gasteiger partial charge in [-0.25, -0.2) is 0 Å². The van der Waals surface area contributed by atoms with E-state index in [-0.39, 0.29) is 34.5 Å². The summed E-state index contributed by atoms with van der Waals surface area (Å²) in [4.78, 5) is 43.6. The number of benzene rings is 1. The SMILES string of the molecule is C=CCN(C(=O)C1N([C@@H](CO)Cc2ccccc2)C(=O)[C@@H]2[C@H](C(=O)O)[C@H]3SC12CC3Br)C(C)C. The molecule has 1 aromatic carbocycles. The van der Waals surface area contributed by atoms with Crippen LogP contribution in [0.1, 0.15) is 25.8 Å². The Labute approximate surface area is 212 Å². The molecule has 3 aliphatic heterocycles. The summed E-state index contributed by atoms with van der Waals surface area (Å²) in [5.74, 6) is -3.23. The van der Waals surface area contributed by atoms with Crippen LogP contribution < -0.4 is 0 Å². The molecule has 3 aliphatic rings. The number of carbonyl (C=O) groups excluding carboxylic acids is 2. The largest absolute Gasteiger partial charge is 0.481 e. The number of carboxylic acids is 1. The van der Waals surface area contributed by atoms with Crippen molar-refractivity contribution >= 4 is 45.5 Å².